The van der Waals surface area contributed by atoms with Crippen molar-refractivity contribution < 1.29 is 9.59 Å². The normalized spacial score (nSPS) is 23.8. The van der Waals surface area contributed by atoms with Gasteiger partial charge in [0.1, 0.15) is 0 Å². The average molecular weight is 350 g/mol. The quantitative estimate of drug-likeness (QED) is 0.452. The van der Waals surface area contributed by atoms with E-state index in [1.54, 1.807) is 0 Å². The highest BCUT2D eigenvalue weighted by molar-refractivity contribution is 5.95. The van der Waals surface area contributed by atoms with Gasteiger partial charge in [-0.25, -0.2) is 31.3 Å². The lowest BCUT2D eigenvalue weighted by Crippen LogP contribution is -2.32. The number of rotatable bonds is 2. The molecule has 0 saturated heterocycles. The van der Waals surface area contributed by atoms with Crippen LogP contribution in [0.1, 0.15) is 57.8 Å². The minimum absolute atomic E-state index is 0.370. The van der Waals surface area contributed by atoms with Crippen molar-refractivity contribution in [3.63, 3.8) is 0 Å². The predicted molar refractivity (Wildman–Crippen MR) is 98.1 cm³/mol. The van der Waals surface area contributed by atoms with Gasteiger partial charge < -0.3 is 0 Å². The maximum absolute atomic E-state index is 11.5. The lowest BCUT2D eigenvalue weighted by atomic mass is 9.77. The van der Waals surface area contributed by atoms with E-state index in [-0.39, 0.29) is 12.1 Å². The molecule has 4 N–H and O–H groups in total. The predicted octanol–water partition coefficient (Wildman–Crippen LogP) is 2.49. The van der Waals surface area contributed by atoms with Crippen LogP contribution < -0.4 is 11.7 Å². The van der Waals surface area contributed by atoms with Gasteiger partial charge in [0.2, 0.25) is 0 Å². The second-order valence-corrected chi connectivity index (χ2v) is 7.27. The number of nitrogens with two attached hydrogens (primary N) is 2. The summed E-state index contributed by atoms with van der Waals surface area (Å²) >= 11 is 0. The van der Waals surface area contributed by atoms with E-state index in [1.165, 1.54) is 20.5 Å². The van der Waals surface area contributed by atoms with Crippen LogP contribution in [-0.4, -0.2) is 47.6 Å². The molecule has 2 aliphatic rings. The van der Waals surface area contributed by atoms with Crippen LogP contribution in [0, 0.1) is 11.8 Å². The van der Waals surface area contributed by atoms with Crippen molar-refractivity contribution in [1.29, 1.82) is 0 Å². The van der Waals surface area contributed by atoms with Crippen LogP contribution in [0.15, 0.2) is 9.98 Å². The van der Waals surface area contributed by atoms with Crippen LogP contribution in [0.25, 0.3) is 0 Å². The SMILES string of the molecule is CN(N)C(=O)N=C1CCC(CC2CCC(=NC(=O)N(C)N)CC2)CC1. The number of carbonyl (C=O) groups is 2. The molecule has 4 amide bonds. The number of amides is 4. The van der Waals surface area contributed by atoms with Gasteiger partial charge in [-0.15, -0.1) is 0 Å². The Hall–Kier alpha value is -1.80. The molecule has 0 aromatic carbocycles. The number of hydrogen-bond donors (Lipinski definition) is 2. The van der Waals surface area contributed by atoms with Crippen LogP contribution in [0.5, 0.6) is 0 Å². The van der Waals surface area contributed by atoms with E-state index in [4.69, 9.17) is 11.7 Å². The highest BCUT2D eigenvalue weighted by Crippen LogP contribution is 2.34. The van der Waals surface area contributed by atoms with Crippen molar-refractivity contribution in [2.45, 2.75) is 57.8 Å². The number of urea groups is 2. The molecule has 2 aliphatic carbocycles. The lowest BCUT2D eigenvalue weighted by molar-refractivity contribution is 0.219. The maximum atomic E-state index is 11.5. The van der Waals surface area contributed by atoms with Gasteiger partial charge >= 0.3 is 12.1 Å². The molecule has 0 radical (unpaired) electrons. The molecule has 8 heteroatoms. The van der Waals surface area contributed by atoms with Gasteiger partial charge in [0.25, 0.3) is 0 Å². The molecule has 2 fully saturated rings. The summed E-state index contributed by atoms with van der Waals surface area (Å²) in [7, 11) is 3.02. The first-order chi connectivity index (χ1) is 11.8. The van der Waals surface area contributed by atoms with Crippen LogP contribution >= 0.6 is 0 Å². The fourth-order valence-corrected chi connectivity index (χ4v) is 3.62. The van der Waals surface area contributed by atoms with Crippen LogP contribution in [0.3, 0.4) is 0 Å². The molecular weight excluding hydrogens is 320 g/mol. The third-order valence-electron chi connectivity index (χ3n) is 5.14. The van der Waals surface area contributed by atoms with E-state index >= 15 is 0 Å². The van der Waals surface area contributed by atoms with Gasteiger partial charge in [-0.2, -0.15) is 0 Å². The lowest BCUT2D eigenvalue weighted by Gasteiger charge is -2.30. The minimum atomic E-state index is -0.370. The zero-order valence-electron chi connectivity index (χ0n) is 15.3. The van der Waals surface area contributed by atoms with Gasteiger partial charge in [-0.05, 0) is 69.6 Å². The molecule has 0 aromatic rings. The van der Waals surface area contributed by atoms with E-state index < -0.39 is 0 Å². The molecule has 8 nitrogen and oxygen atoms in total. The second-order valence-electron chi connectivity index (χ2n) is 7.27. The molecular formula is C17H30N6O2. The zero-order valence-corrected chi connectivity index (χ0v) is 15.3. The largest absolute Gasteiger partial charge is 0.357 e. The molecule has 25 heavy (non-hydrogen) atoms. The Morgan fingerprint density at radius 1 is 0.840 bits per heavy atom. The Labute approximate surface area is 149 Å². The summed E-state index contributed by atoms with van der Waals surface area (Å²) in [6, 6.07) is -0.740. The molecule has 0 aromatic heterocycles. The average Bonchev–Trinajstić information content (AvgIpc) is 2.58. The standard InChI is InChI=1S/C17H30N6O2/c1-22(18)16(24)20-14-7-3-12(4-8-14)11-13-5-9-15(10-6-13)21-17(25)23(2)19/h12-13H,3-11,18-19H2,1-2H3. The number of aliphatic imine (C=N–C) groups is 2. The third kappa shape index (κ3) is 6.21. The van der Waals surface area contributed by atoms with Crippen molar-refractivity contribution in [3.05, 3.63) is 0 Å². The van der Waals surface area contributed by atoms with E-state index in [0.29, 0.717) is 11.8 Å². The van der Waals surface area contributed by atoms with Crippen molar-refractivity contribution in [3.8, 4) is 0 Å². The van der Waals surface area contributed by atoms with Crippen molar-refractivity contribution in [2.24, 2.45) is 33.5 Å². The highest BCUT2D eigenvalue weighted by Gasteiger charge is 2.25. The summed E-state index contributed by atoms with van der Waals surface area (Å²) in [6.45, 7) is 0. The monoisotopic (exact) mass is 350 g/mol. The van der Waals surface area contributed by atoms with E-state index in [1.807, 2.05) is 0 Å². The van der Waals surface area contributed by atoms with Crippen LogP contribution in [0.4, 0.5) is 9.59 Å². The van der Waals surface area contributed by atoms with Crippen LogP contribution in [-0.2, 0) is 0 Å². The van der Waals surface area contributed by atoms with Crippen molar-refractivity contribution in [1.82, 2.24) is 10.0 Å². The van der Waals surface area contributed by atoms with Crippen molar-refractivity contribution in [2.75, 3.05) is 14.1 Å². The minimum Gasteiger partial charge on any atom is -0.264 e. The van der Waals surface area contributed by atoms with E-state index in [0.717, 1.165) is 72.8 Å². The third-order valence-corrected chi connectivity index (χ3v) is 5.14. The Balaban J connectivity index is 1.73. The summed E-state index contributed by atoms with van der Waals surface area (Å²) in [5.41, 5.74) is 1.95. The topological polar surface area (TPSA) is 117 Å². The summed E-state index contributed by atoms with van der Waals surface area (Å²) in [5.74, 6) is 12.2. The molecule has 0 atom stereocenters. The number of nitrogens with zero attached hydrogens (tertiary/aromatic N) is 4. The van der Waals surface area contributed by atoms with Crippen molar-refractivity contribution >= 4 is 23.5 Å². The number of hydrazine groups is 2. The highest BCUT2D eigenvalue weighted by atomic mass is 16.2. The summed E-state index contributed by atoms with van der Waals surface area (Å²) in [4.78, 5) is 31.2. The summed E-state index contributed by atoms with van der Waals surface area (Å²) < 4.78 is 0. The van der Waals surface area contributed by atoms with Gasteiger partial charge in [-0.1, -0.05) is 0 Å². The van der Waals surface area contributed by atoms with Gasteiger partial charge in [-0.3, -0.25) is 10.0 Å². The van der Waals surface area contributed by atoms with Crippen LogP contribution in [0.2, 0.25) is 0 Å². The Bertz CT molecular complexity index is 487. The molecule has 0 unspecified atom stereocenters. The molecule has 0 aliphatic heterocycles. The second kappa shape index (κ2) is 9.05. The van der Waals surface area contributed by atoms with E-state index in [9.17, 15) is 9.59 Å². The molecule has 2 rings (SSSR count). The zero-order chi connectivity index (χ0) is 18.4. The fourth-order valence-electron chi connectivity index (χ4n) is 3.62. The smallest absolute Gasteiger partial charge is 0.264 e. The van der Waals surface area contributed by atoms with E-state index in [2.05, 4.69) is 9.98 Å². The van der Waals surface area contributed by atoms with Gasteiger partial charge in [0.15, 0.2) is 0 Å². The fraction of sp³-hybridized carbons (Fsp3) is 0.765. The first-order valence-electron chi connectivity index (χ1n) is 9.02. The Kier molecular flexibility index (Phi) is 7.07. The molecule has 0 bridgehead atoms. The maximum Gasteiger partial charge on any atom is 0.357 e. The molecule has 0 spiro atoms. The molecule has 0 heterocycles. The molecule has 140 valence electrons. The van der Waals surface area contributed by atoms with Gasteiger partial charge in [0.05, 0.1) is 0 Å². The summed E-state index contributed by atoms with van der Waals surface area (Å²) in [6.07, 6.45) is 9.14. The summed E-state index contributed by atoms with van der Waals surface area (Å²) in [5, 5.41) is 2.04. The Morgan fingerprint density at radius 2 is 1.16 bits per heavy atom. The first-order valence-corrected chi connectivity index (χ1v) is 9.02. The number of carbonyl (C=O) groups excluding carboxylic acids is 2. The van der Waals surface area contributed by atoms with Gasteiger partial charge in [0, 0.05) is 25.5 Å². The molecule has 2 saturated carbocycles. The number of hydrogen-bond acceptors (Lipinski definition) is 4. The first kappa shape index (κ1) is 19.5. The Morgan fingerprint density at radius 3 is 1.44 bits per heavy atom.